The zero-order chi connectivity index (χ0) is 16.1. The van der Waals surface area contributed by atoms with Crippen LogP contribution in [-0.4, -0.2) is 8.75 Å². The lowest BCUT2D eigenvalue weighted by Gasteiger charge is -2.06. The lowest BCUT2D eigenvalue weighted by molar-refractivity contribution is 1.53. The summed E-state index contributed by atoms with van der Waals surface area (Å²) >= 11 is 18.3. The second kappa shape index (κ2) is 6.20. The van der Waals surface area contributed by atoms with E-state index in [0.717, 1.165) is 39.5 Å². The maximum absolute atomic E-state index is 6.64. The topological polar surface area (TPSA) is 25.8 Å². The van der Waals surface area contributed by atoms with Gasteiger partial charge in [0.15, 0.2) is 0 Å². The molecule has 2 nitrogen and oxygen atoms in total. The van der Waals surface area contributed by atoms with Crippen molar-refractivity contribution in [2.45, 2.75) is 6.92 Å². The van der Waals surface area contributed by atoms with Crippen LogP contribution in [-0.2, 0) is 0 Å². The van der Waals surface area contributed by atoms with Crippen LogP contribution in [0, 0.1) is 6.92 Å². The van der Waals surface area contributed by atoms with E-state index >= 15 is 0 Å². The number of aromatic nitrogens is 2. The zero-order valence-electron chi connectivity index (χ0n) is 11.6. The van der Waals surface area contributed by atoms with Gasteiger partial charge in [-0.15, -0.1) is 22.7 Å². The Kier molecular flexibility index (Phi) is 4.36. The van der Waals surface area contributed by atoms with Crippen LogP contribution in [0.2, 0.25) is 5.02 Å². The summed E-state index contributed by atoms with van der Waals surface area (Å²) in [6.07, 6.45) is 0. The Morgan fingerprint density at radius 3 is 2.43 bits per heavy atom. The summed E-state index contributed by atoms with van der Waals surface area (Å²) in [6, 6.07) is 8.25. The predicted octanol–water partition coefficient (Wildman–Crippen LogP) is 7.64. The number of thiophene rings is 2. The molecule has 23 heavy (non-hydrogen) atoms. The quantitative estimate of drug-likeness (QED) is 0.279. The number of halogens is 3. The number of hydrogen-bond donors (Lipinski definition) is 0. The largest absolute Gasteiger partial charge is 0.172 e. The molecule has 8 heteroatoms. The van der Waals surface area contributed by atoms with Crippen LogP contribution in [0.4, 0.5) is 0 Å². The third-order valence-electron chi connectivity index (χ3n) is 3.43. The van der Waals surface area contributed by atoms with Crippen molar-refractivity contribution in [3.8, 4) is 20.9 Å². The van der Waals surface area contributed by atoms with Gasteiger partial charge >= 0.3 is 0 Å². The van der Waals surface area contributed by atoms with E-state index in [1.54, 1.807) is 22.7 Å². The average Bonchev–Trinajstić information content (AvgIpc) is 3.20. The molecule has 0 aliphatic heterocycles. The van der Waals surface area contributed by atoms with Crippen molar-refractivity contribution < 1.29 is 0 Å². The van der Waals surface area contributed by atoms with Crippen LogP contribution < -0.4 is 0 Å². The van der Waals surface area contributed by atoms with Gasteiger partial charge in [-0.05, 0) is 68.6 Å². The van der Waals surface area contributed by atoms with Crippen molar-refractivity contribution in [1.29, 1.82) is 0 Å². The number of fused-ring (bicyclic) bond motifs is 1. The third kappa shape index (κ3) is 2.81. The van der Waals surface area contributed by atoms with Gasteiger partial charge in [0.2, 0.25) is 0 Å². The Morgan fingerprint density at radius 1 is 1.00 bits per heavy atom. The standard InChI is InChI=1S/C15H7Br2ClN2S3/c1-6-4-10(22-15(6)17)12-8(18)5-7(9-2-3-11(16)21-9)13-14(12)20-23-19-13/h2-5H,1H3. The van der Waals surface area contributed by atoms with Crippen molar-refractivity contribution in [3.05, 3.63) is 42.4 Å². The van der Waals surface area contributed by atoms with E-state index in [1.165, 1.54) is 17.3 Å². The van der Waals surface area contributed by atoms with E-state index < -0.39 is 0 Å². The highest BCUT2D eigenvalue weighted by molar-refractivity contribution is 9.11. The molecule has 0 amide bonds. The molecule has 3 aromatic heterocycles. The van der Waals surface area contributed by atoms with Gasteiger partial charge in [0.1, 0.15) is 11.0 Å². The molecule has 0 bridgehead atoms. The maximum atomic E-state index is 6.64. The molecular weight excluding hydrogens is 500 g/mol. The van der Waals surface area contributed by atoms with Crippen molar-refractivity contribution >= 4 is 88.9 Å². The van der Waals surface area contributed by atoms with Crippen molar-refractivity contribution in [1.82, 2.24) is 8.75 Å². The van der Waals surface area contributed by atoms with Gasteiger partial charge in [-0.25, -0.2) is 0 Å². The van der Waals surface area contributed by atoms with Crippen LogP contribution >= 0.6 is 77.9 Å². The summed E-state index contributed by atoms with van der Waals surface area (Å²) in [6.45, 7) is 2.08. The van der Waals surface area contributed by atoms with Gasteiger partial charge in [0.25, 0.3) is 0 Å². The number of aryl methyl sites for hydroxylation is 1. The SMILES string of the molecule is Cc1cc(-c2c(Cl)cc(-c3ccc(Br)s3)c3nsnc23)sc1Br. The second-order valence-corrected chi connectivity index (χ2v) is 10.7. The van der Waals surface area contributed by atoms with Gasteiger partial charge in [-0.3, -0.25) is 0 Å². The van der Waals surface area contributed by atoms with Gasteiger partial charge in [-0.1, -0.05) is 11.6 Å². The van der Waals surface area contributed by atoms with Crippen molar-refractivity contribution in [3.63, 3.8) is 0 Å². The summed E-state index contributed by atoms with van der Waals surface area (Å²) in [7, 11) is 0. The summed E-state index contributed by atoms with van der Waals surface area (Å²) in [5.74, 6) is 0. The first-order chi connectivity index (χ1) is 11.0. The van der Waals surface area contributed by atoms with E-state index in [1.807, 2.05) is 12.1 Å². The molecule has 4 rings (SSSR count). The second-order valence-electron chi connectivity index (χ2n) is 4.91. The molecular formula is C15H7Br2ClN2S3. The van der Waals surface area contributed by atoms with Crippen LogP contribution in [0.3, 0.4) is 0 Å². The molecule has 0 atom stereocenters. The number of nitrogens with zero attached hydrogens (tertiary/aromatic N) is 2. The minimum Gasteiger partial charge on any atom is -0.172 e. The molecule has 116 valence electrons. The smallest absolute Gasteiger partial charge is 0.115 e. The third-order valence-corrected chi connectivity index (χ3v) is 8.07. The molecule has 1 aromatic carbocycles. The Hall–Kier alpha value is -0.310. The minimum atomic E-state index is 0.707. The first-order valence-corrected chi connectivity index (χ1v) is 10.8. The van der Waals surface area contributed by atoms with Crippen molar-refractivity contribution in [2.24, 2.45) is 0 Å². The number of hydrogen-bond acceptors (Lipinski definition) is 5. The summed E-state index contributed by atoms with van der Waals surface area (Å²) < 4.78 is 11.2. The Bertz CT molecular complexity index is 1020. The molecule has 0 saturated carbocycles. The number of benzene rings is 1. The highest BCUT2D eigenvalue weighted by Crippen LogP contribution is 2.45. The van der Waals surface area contributed by atoms with Crippen LogP contribution in [0.25, 0.3) is 31.9 Å². The molecule has 0 spiro atoms. The highest BCUT2D eigenvalue weighted by atomic mass is 79.9. The van der Waals surface area contributed by atoms with Gasteiger partial charge in [0, 0.05) is 20.9 Å². The van der Waals surface area contributed by atoms with Gasteiger partial charge in [-0.2, -0.15) is 8.75 Å². The molecule has 0 aliphatic rings. The first kappa shape index (κ1) is 16.2. The molecule has 4 aromatic rings. The van der Waals surface area contributed by atoms with E-state index in [2.05, 4.69) is 59.7 Å². The fourth-order valence-electron chi connectivity index (χ4n) is 2.37. The molecule has 0 radical (unpaired) electrons. The maximum Gasteiger partial charge on any atom is 0.115 e. The minimum absolute atomic E-state index is 0.707. The first-order valence-electron chi connectivity index (χ1n) is 6.51. The van der Waals surface area contributed by atoms with E-state index in [9.17, 15) is 0 Å². The van der Waals surface area contributed by atoms with Gasteiger partial charge in [0.05, 0.1) is 24.3 Å². The molecule has 0 unspecified atom stereocenters. The Balaban J connectivity index is 2.01. The molecule has 3 heterocycles. The van der Waals surface area contributed by atoms with E-state index in [4.69, 9.17) is 11.6 Å². The fraction of sp³-hybridized carbons (Fsp3) is 0.0667. The van der Waals surface area contributed by atoms with Gasteiger partial charge < -0.3 is 0 Å². The Labute approximate surface area is 166 Å². The molecule has 0 N–H and O–H groups in total. The Morgan fingerprint density at radius 2 is 1.78 bits per heavy atom. The van der Waals surface area contributed by atoms with E-state index in [-0.39, 0.29) is 0 Å². The van der Waals surface area contributed by atoms with Crippen LogP contribution in [0.15, 0.2) is 31.8 Å². The summed E-state index contributed by atoms with van der Waals surface area (Å²) in [4.78, 5) is 2.24. The molecule has 0 saturated heterocycles. The number of rotatable bonds is 2. The predicted molar refractivity (Wildman–Crippen MR) is 109 cm³/mol. The normalized spacial score (nSPS) is 11.5. The summed E-state index contributed by atoms with van der Waals surface area (Å²) in [5, 5.41) is 0.707. The van der Waals surface area contributed by atoms with E-state index in [0.29, 0.717) is 5.02 Å². The van der Waals surface area contributed by atoms with Crippen LogP contribution in [0.5, 0.6) is 0 Å². The average molecular weight is 507 g/mol. The van der Waals surface area contributed by atoms with Crippen molar-refractivity contribution in [2.75, 3.05) is 0 Å². The monoisotopic (exact) mass is 504 g/mol. The lowest BCUT2D eigenvalue weighted by Crippen LogP contribution is -1.84. The molecule has 0 fully saturated rings. The highest BCUT2D eigenvalue weighted by Gasteiger charge is 2.20. The zero-order valence-corrected chi connectivity index (χ0v) is 17.9. The van der Waals surface area contributed by atoms with Crippen LogP contribution in [0.1, 0.15) is 5.56 Å². The molecule has 0 aliphatic carbocycles. The fourth-order valence-corrected chi connectivity index (χ4v) is 6.30. The lowest BCUT2D eigenvalue weighted by atomic mass is 10.1. The summed E-state index contributed by atoms with van der Waals surface area (Å²) in [5.41, 5.74) is 4.98.